The molecule has 26 heavy (non-hydrogen) atoms. The van der Waals surface area contributed by atoms with Crippen LogP contribution in [0.15, 0.2) is 48.8 Å². The summed E-state index contributed by atoms with van der Waals surface area (Å²) in [6.07, 6.45) is 3.23. The topological polar surface area (TPSA) is 59.0 Å². The summed E-state index contributed by atoms with van der Waals surface area (Å²) in [5, 5.41) is 9.93. The van der Waals surface area contributed by atoms with Crippen molar-refractivity contribution in [2.24, 2.45) is 0 Å². The molecule has 2 heterocycles. The minimum absolute atomic E-state index is 0.0966. The fraction of sp³-hybridized carbons (Fsp3) is 0.300. The predicted octanol–water partition coefficient (Wildman–Crippen LogP) is 4.56. The van der Waals surface area contributed by atoms with Crippen molar-refractivity contribution >= 4 is 22.4 Å². The van der Waals surface area contributed by atoms with Gasteiger partial charge >= 0.3 is 0 Å². The quantitative estimate of drug-likeness (QED) is 0.679. The summed E-state index contributed by atoms with van der Waals surface area (Å²) in [5.41, 5.74) is 2.98. The van der Waals surface area contributed by atoms with Gasteiger partial charge in [-0.1, -0.05) is 56.4 Å². The van der Waals surface area contributed by atoms with Crippen LogP contribution < -0.4 is 4.90 Å². The summed E-state index contributed by atoms with van der Waals surface area (Å²) in [6.45, 7) is 9.02. The predicted molar refractivity (Wildman–Crippen MR) is 106 cm³/mol. The summed E-state index contributed by atoms with van der Waals surface area (Å²) < 4.78 is 0. The molecule has 0 saturated heterocycles. The van der Waals surface area contributed by atoms with E-state index in [4.69, 9.17) is 0 Å². The first kappa shape index (κ1) is 18.2. The van der Waals surface area contributed by atoms with Gasteiger partial charge in [0.25, 0.3) is 5.91 Å². The van der Waals surface area contributed by atoms with Crippen molar-refractivity contribution in [2.75, 3.05) is 11.4 Å². The molecule has 1 amide bonds. The molecule has 3 aromatic rings. The van der Waals surface area contributed by atoms with Crippen molar-refractivity contribution in [1.82, 2.24) is 15.2 Å². The van der Waals surface area contributed by atoms with Crippen LogP contribution in [0, 0.1) is 0 Å². The van der Waals surface area contributed by atoms with Gasteiger partial charge in [-0.05, 0) is 30.0 Å². The lowest BCUT2D eigenvalue weighted by Crippen LogP contribution is -2.30. The number of carbonyl (C=O) groups is 1. The molecular weight excluding hydrogens is 344 g/mol. The summed E-state index contributed by atoms with van der Waals surface area (Å²) in [7, 11) is 0. The molecule has 0 bridgehead atoms. The van der Waals surface area contributed by atoms with Crippen molar-refractivity contribution < 1.29 is 4.79 Å². The van der Waals surface area contributed by atoms with Crippen LogP contribution in [-0.2, 0) is 5.41 Å². The van der Waals surface area contributed by atoms with Gasteiger partial charge in [0, 0.05) is 30.1 Å². The van der Waals surface area contributed by atoms with E-state index in [0.717, 1.165) is 10.6 Å². The number of aromatic nitrogens is 3. The number of hydrogen-bond donors (Lipinski definition) is 0. The Kier molecular flexibility index (Phi) is 5.13. The molecule has 0 fully saturated rings. The Hall–Kier alpha value is -2.60. The van der Waals surface area contributed by atoms with Crippen LogP contribution in [0.5, 0.6) is 0 Å². The van der Waals surface area contributed by atoms with Gasteiger partial charge in [0.15, 0.2) is 0 Å². The smallest absolute Gasteiger partial charge is 0.260 e. The van der Waals surface area contributed by atoms with E-state index in [-0.39, 0.29) is 11.3 Å². The highest BCUT2D eigenvalue weighted by Gasteiger charge is 2.21. The Labute approximate surface area is 157 Å². The first-order chi connectivity index (χ1) is 12.4. The third-order valence-corrected chi connectivity index (χ3v) is 5.13. The Balaban J connectivity index is 1.85. The molecule has 0 unspecified atom stereocenters. The maximum Gasteiger partial charge on any atom is 0.260 e. The largest absolute Gasteiger partial charge is 0.283 e. The number of hydrogen-bond acceptors (Lipinski definition) is 5. The third-order valence-electron chi connectivity index (χ3n) is 4.13. The number of benzene rings is 1. The van der Waals surface area contributed by atoms with E-state index in [2.05, 4.69) is 60.2 Å². The average Bonchev–Trinajstić information content (AvgIpc) is 3.12. The Morgan fingerprint density at radius 2 is 1.69 bits per heavy atom. The van der Waals surface area contributed by atoms with Crippen LogP contribution in [0.4, 0.5) is 5.13 Å². The van der Waals surface area contributed by atoms with E-state index in [1.165, 1.54) is 16.9 Å². The lowest BCUT2D eigenvalue weighted by Gasteiger charge is -2.18. The van der Waals surface area contributed by atoms with Gasteiger partial charge < -0.3 is 0 Å². The van der Waals surface area contributed by atoms with Crippen LogP contribution in [0.1, 0.15) is 43.6 Å². The molecule has 6 heteroatoms. The molecule has 134 valence electrons. The molecule has 0 aliphatic carbocycles. The monoisotopic (exact) mass is 366 g/mol. The van der Waals surface area contributed by atoms with Gasteiger partial charge in [0.05, 0.1) is 0 Å². The fourth-order valence-corrected chi connectivity index (χ4v) is 3.48. The first-order valence-electron chi connectivity index (χ1n) is 8.56. The zero-order valence-corrected chi connectivity index (χ0v) is 16.2. The molecule has 0 aliphatic heterocycles. The summed E-state index contributed by atoms with van der Waals surface area (Å²) in [6, 6.07) is 11.8. The van der Waals surface area contributed by atoms with E-state index in [1.807, 2.05) is 6.92 Å². The zero-order chi connectivity index (χ0) is 18.7. The van der Waals surface area contributed by atoms with Gasteiger partial charge in [0.1, 0.15) is 5.01 Å². The Bertz CT molecular complexity index is 882. The van der Waals surface area contributed by atoms with E-state index in [0.29, 0.717) is 17.2 Å². The lowest BCUT2D eigenvalue weighted by molar-refractivity contribution is 0.0988. The molecule has 0 spiro atoms. The molecule has 1 aromatic carbocycles. The zero-order valence-electron chi connectivity index (χ0n) is 15.4. The van der Waals surface area contributed by atoms with Crippen LogP contribution in [0.3, 0.4) is 0 Å². The summed E-state index contributed by atoms with van der Waals surface area (Å²) in [4.78, 5) is 18.3. The molecule has 0 atom stereocenters. The third kappa shape index (κ3) is 3.80. The SMILES string of the molecule is CCN(C(=O)c1ccncc1)c1nnc(-c2ccc(C(C)(C)C)cc2)s1. The number of carbonyl (C=O) groups excluding carboxylic acids is 1. The molecule has 3 rings (SSSR count). The second-order valence-electron chi connectivity index (χ2n) is 7.00. The maximum absolute atomic E-state index is 12.7. The average molecular weight is 366 g/mol. The number of nitrogens with zero attached hydrogens (tertiary/aromatic N) is 4. The van der Waals surface area contributed by atoms with Crippen LogP contribution >= 0.6 is 11.3 Å². The normalized spacial score (nSPS) is 11.4. The van der Waals surface area contributed by atoms with Gasteiger partial charge in [0.2, 0.25) is 5.13 Å². The van der Waals surface area contributed by atoms with Gasteiger partial charge in [-0.15, -0.1) is 10.2 Å². The maximum atomic E-state index is 12.7. The van der Waals surface area contributed by atoms with Crippen molar-refractivity contribution in [3.63, 3.8) is 0 Å². The highest BCUT2D eigenvalue weighted by Crippen LogP contribution is 2.31. The van der Waals surface area contributed by atoms with Gasteiger partial charge in [-0.25, -0.2) is 0 Å². The van der Waals surface area contributed by atoms with E-state index >= 15 is 0 Å². The molecule has 0 N–H and O–H groups in total. The summed E-state index contributed by atoms with van der Waals surface area (Å²) >= 11 is 1.42. The second-order valence-corrected chi connectivity index (χ2v) is 7.96. The van der Waals surface area contributed by atoms with Crippen molar-refractivity contribution in [3.05, 3.63) is 59.9 Å². The van der Waals surface area contributed by atoms with E-state index < -0.39 is 0 Å². The molecule has 0 saturated carbocycles. The van der Waals surface area contributed by atoms with Gasteiger partial charge in [-0.2, -0.15) is 0 Å². The van der Waals surface area contributed by atoms with Crippen molar-refractivity contribution in [3.8, 4) is 10.6 Å². The number of pyridine rings is 1. The lowest BCUT2D eigenvalue weighted by atomic mass is 9.87. The minimum Gasteiger partial charge on any atom is -0.283 e. The number of rotatable bonds is 4. The van der Waals surface area contributed by atoms with Crippen LogP contribution in [-0.4, -0.2) is 27.6 Å². The number of amides is 1. The molecule has 2 aromatic heterocycles. The fourth-order valence-electron chi connectivity index (χ4n) is 2.57. The van der Waals surface area contributed by atoms with E-state index in [1.54, 1.807) is 29.4 Å². The van der Waals surface area contributed by atoms with Crippen LogP contribution in [0.2, 0.25) is 0 Å². The highest BCUT2D eigenvalue weighted by atomic mass is 32.1. The Morgan fingerprint density at radius 1 is 1.04 bits per heavy atom. The van der Waals surface area contributed by atoms with E-state index in [9.17, 15) is 4.79 Å². The Morgan fingerprint density at radius 3 is 2.27 bits per heavy atom. The van der Waals surface area contributed by atoms with Crippen LogP contribution in [0.25, 0.3) is 10.6 Å². The standard InChI is InChI=1S/C20H22N4OS/c1-5-24(18(25)15-10-12-21-13-11-15)19-23-22-17(26-19)14-6-8-16(9-7-14)20(2,3)4/h6-13H,5H2,1-4H3. The molecule has 0 aliphatic rings. The van der Waals surface area contributed by atoms with Crippen molar-refractivity contribution in [2.45, 2.75) is 33.1 Å². The second kappa shape index (κ2) is 7.33. The molecule has 5 nitrogen and oxygen atoms in total. The van der Waals surface area contributed by atoms with Crippen molar-refractivity contribution in [1.29, 1.82) is 0 Å². The summed E-state index contributed by atoms with van der Waals surface area (Å²) in [5.74, 6) is -0.0966. The minimum atomic E-state index is -0.0966. The highest BCUT2D eigenvalue weighted by molar-refractivity contribution is 7.18. The number of anilines is 1. The molecular formula is C20H22N4OS. The van der Waals surface area contributed by atoms with Gasteiger partial charge in [-0.3, -0.25) is 14.7 Å². The molecule has 0 radical (unpaired) electrons. The first-order valence-corrected chi connectivity index (χ1v) is 9.38.